The van der Waals surface area contributed by atoms with Crippen molar-refractivity contribution in [1.82, 2.24) is 9.62 Å². The van der Waals surface area contributed by atoms with E-state index in [0.717, 1.165) is 5.56 Å². The number of halogens is 2. The number of hydrogen-bond donors (Lipinski definition) is 1. The number of sulfonamides is 1. The molecule has 1 fully saturated rings. The maximum Gasteiger partial charge on any atom is 0.254 e. The summed E-state index contributed by atoms with van der Waals surface area (Å²) in [6, 6.07) is 11.3. The number of amides is 1. The molecule has 27 heavy (non-hydrogen) atoms. The van der Waals surface area contributed by atoms with Gasteiger partial charge in [-0.3, -0.25) is 4.79 Å². The van der Waals surface area contributed by atoms with E-state index in [2.05, 4.69) is 5.32 Å². The van der Waals surface area contributed by atoms with Crippen molar-refractivity contribution in [2.75, 3.05) is 26.3 Å². The van der Waals surface area contributed by atoms with Gasteiger partial charge < -0.3 is 10.1 Å². The molecule has 6 nitrogen and oxygen atoms in total. The molecular weight excluding hydrogens is 411 g/mol. The van der Waals surface area contributed by atoms with Crippen molar-refractivity contribution in [2.24, 2.45) is 0 Å². The van der Waals surface area contributed by atoms with Gasteiger partial charge in [0.1, 0.15) is 0 Å². The summed E-state index contributed by atoms with van der Waals surface area (Å²) in [7, 11) is -3.53. The third-order valence-electron chi connectivity index (χ3n) is 4.17. The molecule has 0 radical (unpaired) electrons. The van der Waals surface area contributed by atoms with Crippen LogP contribution in [0.4, 0.5) is 0 Å². The van der Waals surface area contributed by atoms with E-state index in [-0.39, 0.29) is 27.0 Å². The summed E-state index contributed by atoms with van der Waals surface area (Å²) in [5.74, 6) is -0.393. The summed E-state index contributed by atoms with van der Waals surface area (Å²) >= 11 is 12.1. The molecule has 1 amide bonds. The highest BCUT2D eigenvalue weighted by Crippen LogP contribution is 2.24. The van der Waals surface area contributed by atoms with Crippen molar-refractivity contribution >= 4 is 39.1 Å². The van der Waals surface area contributed by atoms with Gasteiger partial charge in [-0.15, -0.1) is 0 Å². The molecule has 3 rings (SSSR count). The monoisotopic (exact) mass is 428 g/mol. The van der Waals surface area contributed by atoms with Crippen LogP contribution in [0.3, 0.4) is 0 Å². The van der Waals surface area contributed by atoms with E-state index >= 15 is 0 Å². The number of morpholine rings is 1. The van der Waals surface area contributed by atoms with E-state index in [0.29, 0.717) is 26.3 Å². The summed E-state index contributed by atoms with van der Waals surface area (Å²) in [4.78, 5) is 12.5. The molecule has 0 bridgehead atoms. The number of carbonyl (C=O) groups excluding carboxylic acids is 1. The van der Waals surface area contributed by atoms with Crippen molar-refractivity contribution < 1.29 is 17.9 Å². The Morgan fingerprint density at radius 1 is 1.04 bits per heavy atom. The lowest BCUT2D eigenvalue weighted by atomic mass is 10.2. The zero-order valence-corrected chi connectivity index (χ0v) is 16.6. The smallest absolute Gasteiger partial charge is 0.254 e. The zero-order chi connectivity index (χ0) is 19.4. The van der Waals surface area contributed by atoms with Gasteiger partial charge in [0.25, 0.3) is 5.91 Å². The second-order valence-corrected chi connectivity index (χ2v) is 8.69. The summed E-state index contributed by atoms with van der Waals surface area (Å²) in [5.41, 5.74) is 0.972. The molecule has 1 heterocycles. The second kappa shape index (κ2) is 8.58. The maximum absolute atomic E-state index is 12.6. The number of benzene rings is 2. The Labute approximate surface area is 168 Å². The van der Waals surface area contributed by atoms with Crippen LogP contribution in [-0.4, -0.2) is 44.9 Å². The molecule has 0 spiro atoms. The maximum atomic E-state index is 12.6. The topological polar surface area (TPSA) is 75.7 Å². The van der Waals surface area contributed by atoms with Gasteiger partial charge in [-0.25, -0.2) is 8.42 Å². The van der Waals surface area contributed by atoms with Crippen LogP contribution in [0.25, 0.3) is 0 Å². The normalized spacial score (nSPS) is 15.5. The second-order valence-electron chi connectivity index (χ2n) is 5.94. The highest BCUT2D eigenvalue weighted by Gasteiger charge is 2.26. The van der Waals surface area contributed by atoms with Gasteiger partial charge in [0.05, 0.1) is 33.7 Å². The Bertz CT molecular complexity index is 907. The quantitative estimate of drug-likeness (QED) is 0.793. The molecule has 2 aromatic carbocycles. The third-order valence-corrected chi connectivity index (χ3v) is 6.72. The highest BCUT2D eigenvalue weighted by molar-refractivity contribution is 7.89. The van der Waals surface area contributed by atoms with E-state index in [4.69, 9.17) is 27.9 Å². The molecule has 1 aliphatic heterocycles. The van der Waals surface area contributed by atoms with Gasteiger partial charge in [-0.1, -0.05) is 41.4 Å². The molecule has 0 saturated carbocycles. The Morgan fingerprint density at radius 2 is 1.63 bits per heavy atom. The van der Waals surface area contributed by atoms with Crippen LogP contribution >= 0.6 is 23.2 Å². The number of hydrogen-bond acceptors (Lipinski definition) is 4. The minimum Gasteiger partial charge on any atom is -0.379 e. The van der Waals surface area contributed by atoms with Gasteiger partial charge >= 0.3 is 0 Å². The molecule has 9 heteroatoms. The molecule has 0 aliphatic carbocycles. The first-order valence-corrected chi connectivity index (χ1v) is 10.5. The van der Waals surface area contributed by atoms with Crippen molar-refractivity contribution in [1.29, 1.82) is 0 Å². The van der Waals surface area contributed by atoms with Crippen LogP contribution in [0.1, 0.15) is 15.9 Å². The molecule has 1 N–H and O–H groups in total. The number of rotatable bonds is 5. The average Bonchev–Trinajstić information content (AvgIpc) is 2.67. The van der Waals surface area contributed by atoms with Gasteiger partial charge in [-0.05, 0) is 29.8 Å². The first kappa shape index (κ1) is 20.1. The average molecular weight is 429 g/mol. The standard InChI is InChI=1S/C18H18Cl2N2O4S/c19-15-2-1-3-16(20)17(15)18(23)21-12-13-4-6-14(7-5-13)27(24,25)22-8-10-26-11-9-22/h1-7H,8-12H2,(H,21,23). The Hall–Kier alpha value is -1.64. The van der Waals surface area contributed by atoms with Crippen molar-refractivity contribution in [3.05, 3.63) is 63.6 Å². The summed E-state index contributed by atoms with van der Waals surface area (Å²) < 4.78 is 31.8. The van der Waals surface area contributed by atoms with E-state index in [1.54, 1.807) is 30.3 Å². The first-order valence-electron chi connectivity index (χ1n) is 8.28. The Kier molecular flexibility index (Phi) is 6.39. The van der Waals surface area contributed by atoms with Gasteiger partial charge in [0.15, 0.2) is 0 Å². The van der Waals surface area contributed by atoms with E-state index in [1.807, 2.05) is 0 Å². The van der Waals surface area contributed by atoms with Crippen molar-refractivity contribution in [2.45, 2.75) is 11.4 Å². The Morgan fingerprint density at radius 3 is 2.22 bits per heavy atom. The summed E-state index contributed by atoms with van der Waals surface area (Å²) in [6.45, 7) is 1.71. The van der Waals surface area contributed by atoms with E-state index < -0.39 is 15.9 Å². The lowest BCUT2D eigenvalue weighted by molar-refractivity contribution is 0.0730. The van der Waals surface area contributed by atoms with Crippen LogP contribution in [-0.2, 0) is 21.3 Å². The summed E-state index contributed by atoms with van der Waals surface area (Å²) in [6.07, 6.45) is 0. The minimum absolute atomic E-state index is 0.215. The van der Waals surface area contributed by atoms with E-state index in [9.17, 15) is 13.2 Å². The van der Waals surface area contributed by atoms with Crippen molar-refractivity contribution in [3.8, 4) is 0 Å². The molecule has 1 aliphatic rings. The SMILES string of the molecule is O=C(NCc1ccc(S(=O)(=O)N2CCOCC2)cc1)c1c(Cl)cccc1Cl. The fraction of sp³-hybridized carbons (Fsp3) is 0.278. The third kappa shape index (κ3) is 4.62. The van der Waals surface area contributed by atoms with Gasteiger partial charge in [-0.2, -0.15) is 4.31 Å². The number of nitrogens with zero attached hydrogens (tertiary/aromatic N) is 1. The predicted molar refractivity (Wildman–Crippen MR) is 104 cm³/mol. The number of nitrogens with one attached hydrogen (secondary N) is 1. The molecular formula is C18H18Cl2N2O4S. The van der Waals surface area contributed by atoms with Gasteiger partial charge in [0, 0.05) is 19.6 Å². The molecule has 144 valence electrons. The largest absolute Gasteiger partial charge is 0.379 e. The van der Waals surface area contributed by atoms with Gasteiger partial charge in [0.2, 0.25) is 10.0 Å². The van der Waals surface area contributed by atoms with Crippen LogP contribution in [0, 0.1) is 0 Å². The van der Waals surface area contributed by atoms with Crippen LogP contribution in [0.15, 0.2) is 47.4 Å². The first-order chi connectivity index (χ1) is 12.9. The Balaban J connectivity index is 1.66. The highest BCUT2D eigenvalue weighted by atomic mass is 35.5. The van der Waals surface area contributed by atoms with Crippen molar-refractivity contribution in [3.63, 3.8) is 0 Å². The molecule has 1 saturated heterocycles. The van der Waals surface area contributed by atoms with Crippen LogP contribution in [0.2, 0.25) is 10.0 Å². The number of ether oxygens (including phenoxy) is 1. The molecule has 2 aromatic rings. The summed E-state index contributed by atoms with van der Waals surface area (Å²) in [5, 5.41) is 3.27. The lowest BCUT2D eigenvalue weighted by Gasteiger charge is -2.26. The minimum atomic E-state index is -3.53. The predicted octanol–water partition coefficient (Wildman–Crippen LogP) is 2.94. The van der Waals surface area contributed by atoms with Crippen LogP contribution < -0.4 is 5.32 Å². The molecule has 0 aromatic heterocycles. The zero-order valence-electron chi connectivity index (χ0n) is 14.3. The molecule has 0 atom stereocenters. The fourth-order valence-corrected chi connectivity index (χ4v) is 4.68. The lowest BCUT2D eigenvalue weighted by Crippen LogP contribution is -2.40. The van der Waals surface area contributed by atoms with Crippen LogP contribution in [0.5, 0.6) is 0 Å². The van der Waals surface area contributed by atoms with E-state index in [1.165, 1.54) is 16.4 Å². The fourth-order valence-electron chi connectivity index (χ4n) is 2.70. The number of carbonyl (C=O) groups is 1. The molecule has 0 unspecified atom stereocenters.